The average molecular weight is 584 g/mol. The quantitative estimate of drug-likeness (QED) is 0.246. The Bertz CT molecular complexity index is 1420. The highest BCUT2D eigenvalue weighted by Gasteiger charge is 2.17. The summed E-state index contributed by atoms with van der Waals surface area (Å²) in [5.41, 5.74) is 9.50. The standard InChI is InChI=1S/C28H28BrClN4O3/c1-17(2)37-25-11-9-20(15-23(25)30)28(36)32-21(10-12-26(31)35)14-18-5-7-19(8-6-18)24-16-34-13-3-4-22(29)27(34)33-24/h3-9,11,13,15-17,21H,10,12,14H2,1-2H3,(H2,31,35)(H,32,36). The van der Waals surface area contributed by atoms with E-state index in [9.17, 15) is 9.59 Å². The van der Waals surface area contributed by atoms with Crippen molar-refractivity contribution in [2.24, 2.45) is 5.73 Å². The van der Waals surface area contributed by atoms with Crippen LogP contribution in [0, 0.1) is 0 Å². The summed E-state index contributed by atoms with van der Waals surface area (Å²) in [6, 6.07) is 16.6. The minimum Gasteiger partial charge on any atom is -0.489 e. The Hall–Kier alpha value is -3.36. The normalized spacial score (nSPS) is 12.0. The number of nitrogens with one attached hydrogen (secondary N) is 1. The first-order chi connectivity index (χ1) is 17.7. The third kappa shape index (κ3) is 6.90. The van der Waals surface area contributed by atoms with Gasteiger partial charge in [0.1, 0.15) is 5.75 Å². The van der Waals surface area contributed by atoms with Crippen LogP contribution in [0.5, 0.6) is 5.75 Å². The molecule has 0 radical (unpaired) electrons. The van der Waals surface area contributed by atoms with Crippen molar-refractivity contribution in [3.05, 3.63) is 87.6 Å². The van der Waals surface area contributed by atoms with Crippen molar-refractivity contribution in [1.29, 1.82) is 0 Å². The van der Waals surface area contributed by atoms with Gasteiger partial charge in [0.15, 0.2) is 5.65 Å². The zero-order valence-electron chi connectivity index (χ0n) is 20.6. The van der Waals surface area contributed by atoms with Gasteiger partial charge in [-0.15, -0.1) is 0 Å². The number of ether oxygens (including phenoxy) is 1. The Balaban J connectivity index is 1.48. The lowest BCUT2D eigenvalue weighted by molar-refractivity contribution is -0.118. The summed E-state index contributed by atoms with van der Waals surface area (Å²) in [6.07, 6.45) is 5.03. The molecule has 2 aromatic heterocycles. The molecule has 0 saturated carbocycles. The molecule has 7 nitrogen and oxygen atoms in total. The SMILES string of the molecule is CC(C)Oc1ccc(C(=O)NC(CCC(N)=O)Cc2ccc(-c3cn4cccc(Br)c4n3)cc2)cc1Cl. The second-order valence-corrected chi connectivity index (χ2v) is 10.4. The van der Waals surface area contributed by atoms with Crippen LogP contribution in [-0.4, -0.2) is 33.3 Å². The zero-order valence-corrected chi connectivity index (χ0v) is 22.9. The number of imidazole rings is 1. The Morgan fingerprint density at radius 3 is 2.57 bits per heavy atom. The van der Waals surface area contributed by atoms with Crippen molar-refractivity contribution in [2.45, 2.75) is 45.3 Å². The van der Waals surface area contributed by atoms with E-state index in [4.69, 9.17) is 27.1 Å². The van der Waals surface area contributed by atoms with Crippen molar-refractivity contribution in [2.75, 3.05) is 0 Å². The lowest BCUT2D eigenvalue weighted by Crippen LogP contribution is -2.37. The number of nitrogens with zero attached hydrogens (tertiary/aromatic N) is 2. The van der Waals surface area contributed by atoms with Crippen LogP contribution in [0.25, 0.3) is 16.9 Å². The Morgan fingerprint density at radius 1 is 1.16 bits per heavy atom. The summed E-state index contributed by atoms with van der Waals surface area (Å²) in [4.78, 5) is 29.1. The van der Waals surface area contributed by atoms with Crippen LogP contribution in [0.4, 0.5) is 0 Å². The predicted octanol–water partition coefficient (Wildman–Crippen LogP) is 5.81. The van der Waals surface area contributed by atoms with Crippen LogP contribution < -0.4 is 15.8 Å². The first-order valence-corrected chi connectivity index (χ1v) is 13.1. The molecule has 0 aliphatic rings. The van der Waals surface area contributed by atoms with Gasteiger partial charge >= 0.3 is 0 Å². The van der Waals surface area contributed by atoms with E-state index in [1.807, 2.05) is 67.0 Å². The molecule has 192 valence electrons. The van der Waals surface area contributed by atoms with Crippen LogP contribution >= 0.6 is 27.5 Å². The van der Waals surface area contributed by atoms with Gasteiger partial charge in [-0.2, -0.15) is 0 Å². The molecule has 0 aliphatic carbocycles. The molecule has 9 heteroatoms. The molecule has 1 atom stereocenters. The van der Waals surface area contributed by atoms with Gasteiger partial charge in [0.05, 0.1) is 21.3 Å². The van der Waals surface area contributed by atoms with Gasteiger partial charge in [0, 0.05) is 36.0 Å². The van der Waals surface area contributed by atoms with Crippen molar-refractivity contribution >= 4 is 45.0 Å². The smallest absolute Gasteiger partial charge is 0.251 e. The Labute approximate surface area is 229 Å². The summed E-state index contributed by atoms with van der Waals surface area (Å²) in [7, 11) is 0. The van der Waals surface area contributed by atoms with E-state index in [1.165, 1.54) is 0 Å². The number of nitrogens with two attached hydrogens (primary N) is 1. The summed E-state index contributed by atoms with van der Waals surface area (Å²) < 4.78 is 8.54. The molecule has 0 saturated heterocycles. The molecule has 0 aliphatic heterocycles. The number of pyridine rings is 1. The number of carbonyl (C=O) groups is 2. The van der Waals surface area contributed by atoms with E-state index in [1.54, 1.807) is 18.2 Å². The number of benzene rings is 2. The average Bonchev–Trinajstić information content (AvgIpc) is 3.30. The highest BCUT2D eigenvalue weighted by molar-refractivity contribution is 9.10. The van der Waals surface area contributed by atoms with Gasteiger partial charge in [0.25, 0.3) is 5.91 Å². The molecule has 2 aromatic carbocycles. The third-order valence-corrected chi connectivity index (χ3v) is 6.71. The zero-order chi connectivity index (χ0) is 26.5. The molecule has 1 unspecified atom stereocenters. The number of aromatic nitrogens is 2. The van der Waals surface area contributed by atoms with E-state index in [0.717, 1.165) is 26.9 Å². The van der Waals surface area contributed by atoms with E-state index in [2.05, 4.69) is 21.2 Å². The van der Waals surface area contributed by atoms with Gasteiger partial charge in [-0.3, -0.25) is 9.59 Å². The minimum absolute atomic E-state index is 0.0312. The second-order valence-electron chi connectivity index (χ2n) is 9.10. The van der Waals surface area contributed by atoms with Crippen molar-refractivity contribution < 1.29 is 14.3 Å². The van der Waals surface area contributed by atoms with Gasteiger partial charge < -0.3 is 20.2 Å². The van der Waals surface area contributed by atoms with Gasteiger partial charge in [-0.05, 0) is 78.5 Å². The first-order valence-electron chi connectivity index (χ1n) is 12.0. The molecule has 4 aromatic rings. The number of rotatable bonds is 10. The molecular formula is C28H28BrClN4O3. The number of carbonyl (C=O) groups excluding carboxylic acids is 2. The summed E-state index contributed by atoms with van der Waals surface area (Å²) in [5.74, 6) is -0.165. The van der Waals surface area contributed by atoms with Crippen molar-refractivity contribution in [3.8, 4) is 17.0 Å². The molecule has 2 heterocycles. The molecular weight excluding hydrogens is 556 g/mol. The first kappa shape index (κ1) is 26.7. The molecule has 3 N–H and O–H groups in total. The fourth-order valence-corrected chi connectivity index (χ4v) is 4.69. The monoisotopic (exact) mass is 582 g/mol. The topological polar surface area (TPSA) is 98.7 Å². The van der Waals surface area contributed by atoms with E-state index in [0.29, 0.717) is 29.2 Å². The number of fused-ring (bicyclic) bond motifs is 1. The van der Waals surface area contributed by atoms with Crippen molar-refractivity contribution in [3.63, 3.8) is 0 Å². The van der Waals surface area contributed by atoms with Gasteiger partial charge in [0.2, 0.25) is 5.91 Å². The van der Waals surface area contributed by atoms with Crippen LogP contribution in [0.2, 0.25) is 5.02 Å². The second kappa shape index (κ2) is 11.8. The highest BCUT2D eigenvalue weighted by Crippen LogP contribution is 2.27. The Kier molecular flexibility index (Phi) is 8.51. The maximum absolute atomic E-state index is 13.0. The summed E-state index contributed by atoms with van der Waals surface area (Å²) in [6.45, 7) is 3.81. The van der Waals surface area contributed by atoms with Crippen LogP contribution in [0.3, 0.4) is 0 Å². The van der Waals surface area contributed by atoms with Crippen LogP contribution in [0.15, 0.2) is 71.5 Å². The van der Waals surface area contributed by atoms with Crippen LogP contribution in [-0.2, 0) is 11.2 Å². The number of halogens is 2. The van der Waals surface area contributed by atoms with Crippen LogP contribution in [0.1, 0.15) is 42.6 Å². The summed E-state index contributed by atoms with van der Waals surface area (Å²) >= 11 is 9.85. The van der Waals surface area contributed by atoms with E-state index < -0.39 is 5.91 Å². The van der Waals surface area contributed by atoms with E-state index >= 15 is 0 Å². The number of hydrogen-bond donors (Lipinski definition) is 2. The fraction of sp³-hybridized carbons (Fsp3) is 0.250. The number of amides is 2. The Morgan fingerprint density at radius 2 is 1.92 bits per heavy atom. The number of hydrogen-bond acceptors (Lipinski definition) is 4. The minimum atomic E-state index is -0.411. The molecule has 4 rings (SSSR count). The van der Waals surface area contributed by atoms with Crippen molar-refractivity contribution in [1.82, 2.24) is 14.7 Å². The lowest BCUT2D eigenvalue weighted by atomic mass is 9.99. The third-order valence-electron chi connectivity index (χ3n) is 5.80. The largest absolute Gasteiger partial charge is 0.489 e. The molecule has 37 heavy (non-hydrogen) atoms. The van der Waals surface area contributed by atoms with Gasteiger partial charge in [-0.1, -0.05) is 35.9 Å². The molecule has 0 fully saturated rings. The lowest BCUT2D eigenvalue weighted by Gasteiger charge is -2.19. The maximum atomic E-state index is 13.0. The van der Waals surface area contributed by atoms with E-state index in [-0.39, 0.29) is 24.5 Å². The fourth-order valence-electron chi connectivity index (χ4n) is 4.02. The molecule has 0 spiro atoms. The summed E-state index contributed by atoms with van der Waals surface area (Å²) in [5, 5.41) is 3.39. The highest BCUT2D eigenvalue weighted by atomic mass is 79.9. The molecule has 0 bridgehead atoms. The van der Waals surface area contributed by atoms with Gasteiger partial charge in [-0.25, -0.2) is 4.98 Å². The number of primary amides is 1. The molecule has 2 amide bonds. The maximum Gasteiger partial charge on any atom is 0.251 e. The predicted molar refractivity (Wildman–Crippen MR) is 149 cm³/mol.